The van der Waals surface area contributed by atoms with E-state index in [9.17, 15) is 4.79 Å². The first-order chi connectivity index (χ1) is 6.27. The summed E-state index contributed by atoms with van der Waals surface area (Å²) in [6, 6.07) is 0. The molecule has 0 radical (unpaired) electrons. The van der Waals surface area contributed by atoms with Gasteiger partial charge in [0.25, 0.3) is 0 Å². The Bertz CT molecular complexity index is 194. The van der Waals surface area contributed by atoms with E-state index in [0.29, 0.717) is 11.8 Å². The molecule has 2 atom stereocenters. The van der Waals surface area contributed by atoms with E-state index in [4.69, 9.17) is 5.11 Å². The van der Waals surface area contributed by atoms with E-state index >= 15 is 0 Å². The average Bonchev–Trinajstić information content (AvgIpc) is 2.38. The van der Waals surface area contributed by atoms with Crippen molar-refractivity contribution in [3.05, 3.63) is 0 Å². The predicted molar refractivity (Wildman–Crippen MR) is 48.7 cm³/mol. The van der Waals surface area contributed by atoms with Gasteiger partial charge in [-0.3, -0.25) is 0 Å². The van der Waals surface area contributed by atoms with Gasteiger partial charge in [0.2, 0.25) is 0 Å². The van der Waals surface area contributed by atoms with Crippen molar-refractivity contribution in [2.45, 2.75) is 12.8 Å². The molecule has 13 heavy (non-hydrogen) atoms. The molecule has 0 aliphatic carbocycles. The van der Waals surface area contributed by atoms with Crippen LogP contribution in [0.1, 0.15) is 12.8 Å². The van der Waals surface area contributed by atoms with Gasteiger partial charge in [0.05, 0.1) is 0 Å². The Morgan fingerprint density at radius 3 is 2.23 bits per heavy atom. The molecule has 2 aliphatic rings. The molecule has 0 aromatic rings. The number of rotatable bonds is 0. The molecule has 0 saturated carbocycles. The van der Waals surface area contributed by atoms with Crippen molar-refractivity contribution in [1.29, 1.82) is 0 Å². The lowest BCUT2D eigenvalue weighted by molar-refractivity contribution is 0.152. The highest BCUT2D eigenvalue weighted by Crippen LogP contribution is 2.29. The van der Waals surface area contributed by atoms with Gasteiger partial charge in [-0.2, -0.15) is 0 Å². The van der Waals surface area contributed by atoms with Crippen molar-refractivity contribution in [2.75, 3.05) is 26.2 Å². The van der Waals surface area contributed by atoms with Crippen LogP contribution in [0.3, 0.4) is 0 Å². The third kappa shape index (κ3) is 1.77. The largest absolute Gasteiger partial charge is 0.465 e. The van der Waals surface area contributed by atoms with Gasteiger partial charge in [-0.15, -0.1) is 0 Å². The summed E-state index contributed by atoms with van der Waals surface area (Å²) >= 11 is 0. The molecule has 2 heterocycles. The molecule has 0 spiro atoms. The number of nitrogens with one attached hydrogen (secondary N) is 1. The molecule has 4 nitrogen and oxygen atoms in total. The molecule has 0 aromatic carbocycles. The molecule has 4 heteroatoms. The maximum Gasteiger partial charge on any atom is 0.407 e. The molecule has 2 aliphatic heterocycles. The Kier molecular flexibility index (Phi) is 2.40. The van der Waals surface area contributed by atoms with E-state index in [1.54, 1.807) is 4.90 Å². The Morgan fingerprint density at radius 2 is 1.77 bits per heavy atom. The summed E-state index contributed by atoms with van der Waals surface area (Å²) in [7, 11) is 0. The first kappa shape index (κ1) is 8.81. The third-order valence-corrected chi connectivity index (χ3v) is 3.23. The minimum atomic E-state index is -0.749. The van der Waals surface area contributed by atoms with E-state index in [2.05, 4.69) is 5.32 Å². The Labute approximate surface area is 77.9 Å². The summed E-state index contributed by atoms with van der Waals surface area (Å²) in [5.41, 5.74) is 0. The molecule has 2 rings (SSSR count). The maximum atomic E-state index is 10.7. The number of fused-ring (bicyclic) bond motifs is 1. The number of hydrogen-bond donors (Lipinski definition) is 2. The summed E-state index contributed by atoms with van der Waals surface area (Å²) in [4.78, 5) is 12.3. The Balaban J connectivity index is 1.97. The first-order valence-corrected chi connectivity index (χ1v) is 4.96. The zero-order valence-electron chi connectivity index (χ0n) is 7.70. The van der Waals surface area contributed by atoms with Gasteiger partial charge in [0, 0.05) is 13.1 Å². The molecule has 2 saturated heterocycles. The topological polar surface area (TPSA) is 52.6 Å². The summed E-state index contributed by atoms with van der Waals surface area (Å²) in [6.45, 7) is 3.60. The minimum absolute atomic E-state index is 0.603. The van der Waals surface area contributed by atoms with Gasteiger partial charge in [-0.25, -0.2) is 4.79 Å². The minimum Gasteiger partial charge on any atom is -0.465 e. The highest BCUT2D eigenvalue weighted by molar-refractivity contribution is 5.65. The second-order valence-electron chi connectivity index (χ2n) is 4.04. The van der Waals surface area contributed by atoms with Crippen molar-refractivity contribution >= 4 is 6.09 Å². The lowest BCUT2D eigenvalue weighted by atomic mass is 9.92. The number of carboxylic acid groups (broad SMARTS) is 1. The van der Waals surface area contributed by atoms with Crippen LogP contribution in [-0.2, 0) is 0 Å². The fourth-order valence-electron chi connectivity index (χ4n) is 2.45. The van der Waals surface area contributed by atoms with Crippen LogP contribution >= 0.6 is 0 Å². The van der Waals surface area contributed by atoms with Crippen molar-refractivity contribution in [3.63, 3.8) is 0 Å². The number of hydrogen-bond acceptors (Lipinski definition) is 2. The van der Waals surface area contributed by atoms with Crippen LogP contribution in [0.15, 0.2) is 0 Å². The summed E-state index contributed by atoms with van der Waals surface area (Å²) in [5, 5.41) is 12.2. The van der Waals surface area contributed by atoms with Crippen LogP contribution in [0.25, 0.3) is 0 Å². The normalized spacial score (nSPS) is 34.0. The number of likely N-dealkylation sites (tertiary alicyclic amines) is 1. The summed E-state index contributed by atoms with van der Waals surface area (Å²) in [6.07, 6.45) is 1.52. The standard InChI is InChI=1S/C9H16N2O2/c12-9(13)11-5-7-1-3-10-4-2-8(7)6-11/h7-8,10H,1-6H2,(H,12,13). The van der Waals surface area contributed by atoms with Crippen molar-refractivity contribution in [1.82, 2.24) is 10.2 Å². The maximum absolute atomic E-state index is 10.7. The summed E-state index contributed by atoms with van der Waals surface area (Å²) in [5.74, 6) is 1.21. The van der Waals surface area contributed by atoms with Crippen molar-refractivity contribution < 1.29 is 9.90 Å². The highest BCUT2D eigenvalue weighted by Gasteiger charge is 2.35. The lowest BCUT2D eigenvalue weighted by Crippen LogP contribution is -2.28. The Hall–Kier alpha value is -0.770. The third-order valence-electron chi connectivity index (χ3n) is 3.23. The quantitative estimate of drug-likeness (QED) is 0.579. The molecule has 2 unspecified atom stereocenters. The first-order valence-electron chi connectivity index (χ1n) is 4.96. The van der Waals surface area contributed by atoms with Crippen LogP contribution in [0, 0.1) is 11.8 Å². The second kappa shape index (κ2) is 3.54. The van der Waals surface area contributed by atoms with E-state index in [1.165, 1.54) is 0 Å². The zero-order chi connectivity index (χ0) is 9.26. The van der Waals surface area contributed by atoms with Gasteiger partial charge in [0.1, 0.15) is 0 Å². The molecule has 0 bridgehead atoms. The SMILES string of the molecule is O=C(O)N1CC2CCNCCC2C1. The monoisotopic (exact) mass is 184 g/mol. The van der Waals surface area contributed by atoms with Crippen LogP contribution in [0.4, 0.5) is 4.79 Å². The number of amides is 1. The predicted octanol–water partition coefficient (Wildman–Crippen LogP) is 0.596. The zero-order valence-corrected chi connectivity index (χ0v) is 7.70. The van der Waals surface area contributed by atoms with E-state index in [0.717, 1.165) is 39.0 Å². The fourth-order valence-corrected chi connectivity index (χ4v) is 2.45. The fraction of sp³-hybridized carbons (Fsp3) is 0.889. The molecule has 1 amide bonds. The van der Waals surface area contributed by atoms with Crippen molar-refractivity contribution in [2.24, 2.45) is 11.8 Å². The van der Waals surface area contributed by atoms with Crippen LogP contribution in [-0.4, -0.2) is 42.3 Å². The van der Waals surface area contributed by atoms with Crippen LogP contribution in [0.5, 0.6) is 0 Å². The van der Waals surface area contributed by atoms with Crippen LogP contribution in [0.2, 0.25) is 0 Å². The lowest BCUT2D eigenvalue weighted by Gasteiger charge is -2.11. The van der Waals surface area contributed by atoms with E-state index in [-0.39, 0.29) is 0 Å². The molecule has 74 valence electrons. The average molecular weight is 184 g/mol. The van der Waals surface area contributed by atoms with Gasteiger partial charge in [-0.05, 0) is 37.8 Å². The molecular formula is C9H16N2O2. The second-order valence-corrected chi connectivity index (χ2v) is 4.04. The molecular weight excluding hydrogens is 168 g/mol. The van der Waals surface area contributed by atoms with Gasteiger partial charge >= 0.3 is 6.09 Å². The summed E-state index contributed by atoms with van der Waals surface area (Å²) < 4.78 is 0. The van der Waals surface area contributed by atoms with Crippen molar-refractivity contribution in [3.8, 4) is 0 Å². The number of carbonyl (C=O) groups is 1. The number of nitrogens with zero attached hydrogens (tertiary/aromatic N) is 1. The molecule has 2 fully saturated rings. The van der Waals surface area contributed by atoms with E-state index in [1.807, 2.05) is 0 Å². The molecule has 2 N–H and O–H groups in total. The van der Waals surface area contributed by atoms with Gasteiger partial charge in [-0.1, -0.05) is 0 Å². The van der Waals surface area contributed by atoms with Crippen LogP contribution < -0.4 is 5.32 Å². The molecule has 0 aromatic heterocycles. The van der Waals surface area contributed by atoms with Gasteiger partial charge < -0.3 is 15.3 Å². The van der Waals surface area contributed by atoms with Gasteiger partial charge in [0.15, 0.2) is 0 Å². The Morgan fingerprint density at radius 1 is 1.23 bits per heavy atom. The highest BCUT2D eigenvalue weighted by atomic mass is 16.4. The smallest absolute Gasteiger partial charge is 0.407 e. The van der Waals surface area contributed by atoms with E-state index < -0.39 is 6.09 Å².